The predicted molar refractivity (Wildman–Crippen MR) is 77.3 cm³/mol. The van der Waals surface area contributed by atoms with E-state index in [0.29, 0.717) is 10.0 Å². The molecule has 0 bridgehead atoms. The molecule has 0 unspecified atom stereocenters. The van der Waals surface area contributed by atoms with Crippen molar-refractivity contribution >= 4 is 84.0 Å². The molecule has 0 aliphatic rings. The SMILES string of the molecule is O=C([O-])c1ccc(Cl)cc1.O=C([O-])c1ccc(Cl)cc1.[Ba+2]. The fourth-order valence-corrected chi connectivity index (χ4v) is 1.42. The van der Waals surface area contributed by atoms with Gasteiger partial charge in [-0.2, -0.15) is 0 Å². The van der Waals surface area contributed by atoms with Crippen LogP contribution < -0.4 is 10.2 Å². The van der Waals surface area contributed by atoms with E-state index in [4.69, 9.17) is 23.2 Å². The van der Waals surface area contributed by atoms with Crippen LogP contribution in [0.15, 0.2) is 48.5 Å². The maximum Gasteiger partial charge on any atom is 2.00 e. The van der Waals surface area contributed by atoms with Gasteiger partial charge in [0.1, 0.15) is 0 Å². The van der Waals surface area contributed by atoms with Gasteiger partial charge in [0.15, 0.2) is 0 Å². The Labute approximate surface area is 171 Å². The van der Waals surface area contributed by atoms with E-state index in [1.807, 2.05) is 0 Å². The molecule has 4 nitrogen and oxygen atoms in total. The summed E-state index contributed by atoms with van der Waals surface area (Å²) in [6.07, 6.45) is 0. The molecule has 2 aromatic carbocycles. The molecule has 2 rings (SSSR count). The van der Waals surface area contributed by atoms with Crippen molar-refractivity contribution in [2.75, 3.05) is 0 Å². The Kier molecular flexibility index (Phi) is 10.1. The number of benzene rings is 2. The molecule has 0 aliphatic carbocycles. The van der Waals surface area contributed by atoms with Gasteiger partial charge in [-0.1, -0.05) is 47.5 Å². The number of rotatable bonds is 2. The van der Waals surface area contributed by atoms with Crippen molar-refractivity contribution in [3.05, 3.63) is 69.7 Å². The van der Waals surface area contributed by atoms with Crippen molar-refractivity contribution in [1.82, 2.24) is 0 Å². The first-order valence-corrected chi connectivity index (χ1v) is 6.09. The molecule has 0 amide bonds. The van der Waals surface area contributed by atoms with Gasteiger partial charge >= 0.3 is 48.9 Å². The van der Waals surface area contributed by atoms with Gasteiger partial charge in [0, 0.05) is 10.0 Å². The van der Waals surface area contributed by atoms with E-state index in [2.05, 4.69) is 0 Å². The number of hydrogen-bond acceptors (Lipinski definition) is 4. The van der Waals surface area contributed by atoms with Gasteiger partial charge in [0.25, 0.3) is 0 Å². The Morgan fingerprint density at radius 2 is 0.905 bits per heavy atom. The second kappa shape index (κ2) is 10.3. The second-order valence-corrected chi connectivity index (χ2v) is 4.46. The van der Waals surface area contributed by atoms with Gasteiger partial charge in [-0.05, 0) is 35.4 Å². The molecule has 0 saturated heterocycles. The standard InChI is InChI=1S/2C7H5ClO2.Ba/c2*8-6-3-1-5(2-4-6)7(9)10;/h2*1-4H,(H,9,10);/q;;+2/p-2. The van der Waals surface area contributed by atoms with Gasteiger partial charge in [-0.25, -0.2) is 0 Å². The largest absolute Gasteiger partial charge is 2.00 e. The topological polar surface area (TPSA) is 80.3 Å². The van der Waals surface area contributed by atoms with Crippen molar-refractivity contribution in [2.24, 2.45) is 0 Å². The minimum Gasteiger partial charge on any atom is -0.545 e. The predicted octanol–water partition coefficient (Wildman–Crippen LogP) is 1.03. The summed E-state index contributed by atoms with van der Waals surface area (Å²) in [5, 5.41) is 21.4. The minimum absolute atomic E-state index is 0. The van der Waals surface area contributed by atoms with Crippen LogP contribution in [0, 0.1) is 0 Å². The summed E-state index contributed by atoms with van der Waals surface area (Å²) >= 11 is 11.0. The Bertz CT molecular complexity index is 542. The molecule has 0 spiro atoms. The van der Waals surface area contributed by atoms with Gasteiger partial charge in [0.05, 0.1) is 11.9 Å². The Balaban J connectivity index is 0.000000364. The van der Waals surface area contributed by atoms with E-state index >= 15 is 0 Å². The van der Waals surface area contributed by atoms with Gasteiger partial charge in [-0.3, -0.25) is 0 Å². The minimum atomic E-state index is -1.18. The first-order valence-electron chi connectivity index (χ1n) is 5.34. The van der Waals surface area contributed by atoms with Crippen LogP contribution in [-0.4, -0.2) is 60.8 Å². The number of carbonyl (C=O) groups excluding carboxylic acids is 2. The van der Waals surface area contributed by atoms with Crippen molar-refractivity contribution < 1.29 is 19.8 Å². The van der Waals surface area contributed by atoms with Crippen LogP contribution in [0.2, 0.25) is 10.0 Å². The third-order valence-electron chi connectivity index (χ3n) is 2.16. The van der Waals surface area contributed by atoms with Crippen LogP contribution in [0.25, 0.3) is 0 Å². The third kappa shape index (κ3) is 7.92. The van der Waals surface area contributed by atoms with E-state index in [1.54, 1.807) is 0 Å². The molecular formula is C14H8BaCl2O4. The molecule has 7 heteroatoms. The van der Waals surface area contributed by atoms with E-state index in [-0.39, 0.29) is 60.0 Å². The summed E-state index contributed by atoms with van der Waals surface area (Å²) in [4.78, 5) is 20.3. The number of carbonyl (C=O) groups is 2. The first kappa shape index (κ1) is 20.5. The molecule has 0 radical (unpaired) electrons. The summed E-state index contributed by atoms with van der Waals surface area (Å²) in [6.45, 7) is 0. The molecule has 0 aromatic heterocycles. The number of carboxylic acid groups (broad SMARTS) is 2. The maximum atomic E-state index is 10.2. The zero-order valence-electron chi connectivity index (χ0n) is 10.7. The maximum absolute atomic E-state index is 10.2. The fraction of sp³-hybridized carbons (Fsp3) is 0. The van der Waals surface area contributed by atoms with Crippen molar-refractivity contribution in [2.45, 2.75) is 0 Å². The number of halogens is 2. The molecule has 0 saturated carbocycles. The van der Waals surface area contributed by atoms with Crippen LogP contribution in [0.5, 0.6) is 0 Å². The van der Waals surface area contributed by atoms with Crippen molar-refractivity contribution in [1.29, 1.82) is 0 Å². The summed E-state index contributed by atoms with van der Waals surface area (Å²) in [7, 11) is 0. The van der Waals surface area contributed by atoms with Gasteiger partial charge in [-0.15, -0.1) is 0 Å². The average molecular weight is 448 g/mol. The molecular weight excluding hydrogens is 440 g/mol. The van der Waals surface area contributed by atoms with E-state index in [1.165, 1.54) is 48.5 Å². The van der Waals surface area contributed by atoms with Crippen LogP contribution in [0.3, 0.4) is 0 Å². The second-order valence-electron chi connectivity index (χ2n) is 3.59. The molecule has 0 atom stereocenters. The third-order valence-corrected chi connectivity index (χ3v) is 2.66. The van der Waals surface area contributed by atoms with Gasteiger partial charge < -0.3 is 19.8 Å². The van der Waals surface area contributed by atoms with Crippen molar-refractivity contribution in [3.63, 3.8) is 0 Å². The van der Waals surface area contributed by atoms with Crippen LogP contribution in [0.1, 0.15) is 20.7 Å². The zero-order chi connectivity index (χ0) is 15.1. The molecule has 0 heterocycles. The van der Waals surface area contributed by atoms with E-state index in [0.717, 1.165) is 0 Å². The summed E-state index contributed by atoms with van der Waals surface area (Å²) in [6, 6.07) is 11.6. The quantitative estimate of drug-likeness (QED) is 0.643. The summed E-state index contributed by atoms with van der Waals surface area (Å²) in [5.74, 6) is -2.37. The van der Waals surface area contributed by atoms with Gasteiger partial charge in [0.2, 0.25) is 0 Å². The normalized spacial score (nSPS) is 8.86. The van der Waals surface area contributed by atoms with E-state index in [9.17, 15) is 19.8 Å². The molecule has 0 fully saturated rings. The molecule has 0 aliphatic heterocycles. The molecule has 2 aromatic rings. The Hall–Kier alpha value is -0.469. The molecule has 21 heavy (non-hydrogen) atoms. The van der Waals surface area contributed by atoms with Crippen LogP contribution >= 0.6 is 23.2 Å². The Morgan fingerprint density at radius 3 is 1.10 bits per heavy atom. The number of aromatic carboxylic acids is 2. The molecule has 104 valence electrons. The van der Waals surface area contributed by atoms with Crippen LogP contribution in [0.4, 0.5) is 0 Å². The fourth-order valence-electron chi connectivity index (χ4n) is 1.17. The molecule has 0 N–H and O–H groups in total. The summed E-state index contributed by atoms with van der Waals surface area (Å²) in [5.41, 5.74) is 0.286. The summed E-state index contributed by atoms with van der Waals surface area (Å²) < 4.78 is 0. The number of carboxylic acids is 2. The Morgan fingerprint density at radius 1 is 0.667 bits per heavy atom. The zero-order valence-corrected chi connectivity index (χ0v) is 16.7. The van der Waals surface area contributed by atoms with E-state index < -0.39 is 11.9 Å². The van der Waals surface area contributed by atoms with Crippen molar-refractivity contribution in [3.8, 4) is 0 Å². The smallest absolute Gasteiger partial charge is 0.545 e. The average Bonchev–Trinajstić information content (AvgIpc) is 2.40. The monoisotopic (exact) mass is 448 g/mol. The number of hydrogen-bond donors (Lipinski definition) is 0. The van der Waals surface area contributed by atoms with Crippen LogP contribution in [-0.2, 0) is 0 Å². The first-order chi connectivity index (χ1) is 9.40.